The van der Waals surface area contributed by atoms with Gasteiger partial charge in [0, 0.05) is 32.2 Å². The SMILES string of the molecule is COc1ccc(C(=O)N2CCN(C(=O)c3ccc(C)o3)CC2)c(O)c1. The largest absolute Gasteiger partial charge is 0.507 e. The van der Waals surface area contributed by atoms with E-state index in [1.165, 1.54) is 13.2 Å². The summed E-state index contributed by atoms with van der Waals surface area (Å²) in [5.74, 6) is 0.929. The van der Waals surface area contributed by atoms with Gasteiger partial charge < -0.3 is 24.1 Å². The number of ether oxygens (including phenoxy) is 1. The number of rotatable bonds is 3. The molecule has 1 aromatic carbocycles. The van der Waals surface area contributed by atoms with Crippen LogP contribution < -0.4 is 4.74 Å². The molecule has 2 aromatic rings. The molecule has 1 aromatic heterocycles. The van der Waals surface area contributed by atoms with Crippen LogP contribution in [0.4, 0.5) is 0 Å². The highest BCUT2D eigenvalue weighted by molar-refractivity contribution is 5.97. The van der Waals surface area contributed by atoms with Gasteiger partial charge in [-0.2, -0.15) is 0 Å². The lowest BCUT2D eigenvalue weighted by molar-refractivity contribution is 0.0516. The topological polar surface area (TPSA) is 83.2 Å². The van der Waals surface area contributed by atoms with Crippen LogP contribution in [-0.2, 0) is 0 Å². The van der Waals surface area contributed by atoms with Crippen LogP contribution in [0.2, 0.25) is 0 Å². The van der Waals surface area contributed by atoms with Gasteiger partial charge in [0.25, 0.3) is 11.8 Å². The van der Waals surface area contributed by atoms with E-state index in [2.05, 4.69) is 0 Å². The van der Waals surface area contributed by atoms with Gasteiger partial charge in [-0.15, -0.1) is 0 Å². The van der Waals surface area contributed by atoms with Crippen LogP contribution in [-0.4, -0.2) is 60.0 Å². The normalized spacial score (nSPS) is 14.5. The first kappa shape index (κ1) is 16.9. The fourth-order valence-electron chi connectivity index (χ4n) is 2.81. The van der Waals surface area contributed by atoms with E-state index >= 15 is 0 Å². The van der Waals surface area contributed by atoms with Crippen LogP contribution in [0, 0.1) is 6.92 Å². The second kappa shape index (κ2) is 6.88. The molecule has 0 bridgehead atoms. The van der Waals surface area contributed by atoms with Gasteiger partial charge in [-0.1, -0.05) is 0 Å². The molecule has 132 valence electrons. The molecule has 0 aliphatic carbocycles. The highest BCUT2D eigenvalue weighted by Crippen LogP contribution is 2.25. The average Bonchev–Trinajstić information content (AvgIpc) is 3.07. The van der Waals surface area contributed by atoms with Crippen LogP contribution in [0.15, 0.2) is 34.7 Å². The number of hydrogen-bond donors (Lipinski definition) is 1. The Morgan fingerprint density at radius 1 is 1.04 bits per heavy atom. The maximum atomic E-state index is 12.6. The number of carbonyl (C=O) groups is 2. The fraction of sp³-hybridized carbons (Fsp3) is 0.333. The molecule has 1 N–H and O–H groups in total. The molecule has 7 heteroatoms. The Bertz CT molecular complexity index is 791. The fourth-order valence-corrected chi connectivity index (χ4v) is 2.81. The first-order valence-corrected chi connectivity index (χ1v) is 8.01. The van der Waals surface area contributed by atoms with Crippen molar-refractivity contribution in [2.75, 3.05) is 33.3 Å². The Kier molecular flexibility index (Phi) is 4.65. The van der Waals surface area contributed by atoms with Gasteiger partial charge in [0.1, 0.15) is 17.3 Å². The van der Waals surface area contributed by atoms with Gasteiger partial charge in [0.05, 0.1) is 12.7 Å². The molecule has 3 rings (SSSR count). The van der Waals surface area contributed by atoms with Crippen LogP contribution in [0.3, 0.4) is 0 Å². The van der Waals surface area contributed by atoms with E-state index in [0.717, 1.165) is 0 Å². The predicted molar refractivity (Wildman–Crippen MR) is 89.9 cm³/mol. The Morgan fingerprint density at radius 3 is 2.20 bits per heavy atom. The van der Waals surface area contributed by atoms with Crippen molar-refractivity contribution in [3.63, 3.8) is 0 Å². The first-order valence-electron chi connectivity index (χ1n) is 8.01. The van der Waals surface area contributed by atoms with Crippen molar-refractivity contribution in [1.29, 1.82) is 0 Å². The summed E-state index contributed by atoms with van der Waals surface area (Å²) in [5.41, 5.74) is 0.224. The number of piperazine rings is 1. The standard InChI is InChI=1S/C18H20N2O5/c1-12-3-6-16(25-12)18(23)20-9-7-19(8-10-20)17(22)14-5-4-13(24-2)11-15(14)21/h3-6,11,21H,7-10H2,1-2H3. The molecule has 2 amide bonds. The summed E-state index contributed by atoms with van der Waals surface area (Å²) in [4.78, 5) is 28.2. The van der Waals surface area contributed by atoms with E-state index in [9.17, 15) is 14.7 Å². The second-order valence-corrected chi connectivity index (χ2v) is 5.88. The smallest absolute Gasteiger partial charge is 0.289 e. The zero-order chi connectivity index (χ0) is 18.0. The van der Waals surface area contributed by atoms with Crippen molar-refractivity contribution in [3.05, 3.63) is 47.4 Å². The van der Waals surface area contributed by atoms with E-state index in [1.54, 1.807) is 41.0 Å². The molecule has 7 nitrogen and oxygen atoms in total. The van der Waals surface area contributed by atoms with E-state index in [-0.39, 0.29) is 23.1 Å². The van der Waals surface area contributed by atoms with Crippen LogP contribution in [0.5, 0.6) is 11.5 Å². The minimum atomic E-state index is -0.263. The number of phenolic OH excluding ortho intramolecular Hbond substituents is 1. The number of furan rings is 1. The summed E-state index contributed by atoms with van der Waals surface area (Å²) in [5, 5.41) is 10.0. The lowest BCUT2D eigenvalue weighted by Gasteiger charge is -2.34. The van der Waals surface area contributed by atoms with Crippen LogP contribution >= 0.6 is 0 Å². The minimum absolute atomic E-state index is 0.117. The molecule has 0 spiro atoms. The third kappa shape index (κ3) is 3.45. The number of amides is 2. The second-order valence-electron chi connectivity index (χ2n) is 5.88. The van der Waals surface area contributed by atoms with E-state index in [4.69, 9.17) is 9.15 Å². The Balaban J connectivity index is 1.64. The summed E-state index contributed by atoms with van der Waals surface area (Å²) in [7, 11) is 1.49. The van der Waals surface area contributed by atoms with E-state index in [1.807, 2.05) is 0 Å². The maximum absolute atomic E-state index is 12.6. The molecule has 1 aliphatic rings. The van der Waals surface area contributed by atoms with Gasteiger partial charge in [-0.3, -0.25) is 9.59 Å². The van der Waals surface area contributed by atoms with Crippen molar-refractivity contribution >= 4 is 11.8 Å². The molecular formula is C18H20N2O5. The highest BCUT2D eigenvalue weighted by atomic mass is 16.5. The summed E-state index contributed by atoms with van der Waals surface area (Å²) < 4.78 is 10.4. The van der Waals surface area contributed by atoms with Gasteiger partial charge >= 0.3 is 0 Å². The van der Waals surface area contributed by atoms with Crippen LogP contribution in [0.1, 0.15) is 26.7 Å². The molecular weight excluding hydrogens is 324 g/mol. The molecule has 0 radical (unpaired) electrons. The molecule has 0 saturated carbocycles. The van der Waals surface area contributed by atoms with Crippen molar-refractivity contribution in [2.24, 2.45) is 0 Å². The van der Waals surface area contributed by atoms with Gasteiger partial charge in [-0.05, 0) is 31.2 Å². The van der Waals surface area contributed by atoms with Gasteiger partial charge in [0.2, 0.25) is 0 Å². The van der Waals surface area contributed by atoms with Crippen LogP contribution in [0.25, 0.3) is 0 Å². The van der Waals surface area contributed by atoms with Gasteiger partial charge in [-0.25, -0.2) is 0 Å². The number of nitrogens with zero attached hydrogens (tertiary/aromatic N) is 2. The van der Waals surface area contributed by atoms with E-state index in [0.29, 0.717) is 43.4 Å². The lowest BCUT2D eigenvalue weighted by Crippen LogP contribution is -2.50. The number of benzene rings is 1. The first-order chi connectivity index (χ1) is 12.0. The number of carbonyl (C=O) groups excluding carboxylic acids is 2. The van der Waals surface area contributed by atoms with E-state index < -0.39 is 0 Å². The quantitative estimate of drug-likeness (QED) is 0.919. The Morgan fingerprint density at radius 2 is 1.68 bits per heavy atom. The van der Waals surface area contributed by atoms with Crippen molar-refractivity contribution in [1.82, 2.24) is 9.80 Å². The molecule has 2 heterocycles. The third-order valence-electron chi connectivity index (χ3n) is 4.24. The van der Waals surface area contributed by atoms with Crippen molar-refractivity contribution in [2.45, 2.75) is 6.92 Å². The number of aryl methyl sites for hydroxylation is 1. The zero-order valence-corrected chi connectivity index (χ0v) is 14.2. The minimum Gasteiger partial charge on any atom is -0.507 e. The number of aromatic hydroxyl groups is 1. The van der Waals surface area contributed by atoms with Crippen molar-refractivity contribution in [3.8, 4) is 11.5 Å². The molecule has 1 aliphatic heterocycles. The average molecular weight is 344 g/mol. The summed E-state index contributed by atoms with van der Waals surface area (Å²) >= 11 is 0. The summed E-state index contributed by atoms with van der Waals surface area (Å²) in [6, 6.07) is 7.99. The Labute approximate surface area is 145 Å². The summed E-state index contributed by atoms with van der Waals surface area (Å²) in [6.07, 6.45) is 0. The molecule has 0 unspecified atom stereocenters. The number of hydrogen-bond acceptors (Lipinski definition) is 5. The molecule has 1 fully saturated rings. The maximum Gasteiger partial charge on any atom is 0.289 e. The molecule has 0 atom stereocenters. The molecule has 1 saturated heterocycles. The Hall–Kier alpha value is -2.96. The predicted octanol–water partition coefficient (Wildman–Crippen LogP) is 1.90. The third-order valence-corrected chi connectivity index (χ3v) is 4.24. The zero-order valence-electron chi connectivity index (χ0n) is 14.2. The number of phenols is 1. The number of methoxy groups -OCH3 is 1. The lowest BCUT2D eigenvalue weighted by atomic mass is 10.1. The van der Waals surface area contributed by atoms with Crippen molar-refractivity contribution < 1.29 is 23.8 Å². The molecule has 25 heavy (non-hydrogen) atoms. The monoisotopic (exact) mass is 344 g/mol. The highest BCUT2D eigenvalue weighted by Gasteiger charge is 2.27. The van der Waals surface area contributed by atoms with Gasteiger partial charge in [0.15, 0.2) is 5.76 Å². The summed E-state index contributed by atoms with van der Waals surface area (Å²) in [6.45, 7) is 3.42.